The van der Waals surface area contributed by atoms with Crippen molar-refractivity contribution in [2.24, 2.45) is 11.5 Å². The van der Waals surface area contributed by atoms with Crippen molar-refractivity contribution < 1.29 is 27.8 Å². The van der Waals surface area contributed by atoms with E-state index in [1.54, 1.807) is 37.4 Å². The fourth-order valence-electron chi connectivity index (χ4n) is 4.05. The van der Waals surface area contributed by atoms with Crippen LogP contribution in [-0.2, 0) is 4.74 Å². The second-order valence-electron chi connectivity index (χ2n) is 8.29. The Morgan fingerprint density at radius 3 is 2.43 bits per heavy atom. The number of hydrogen-bond donors (Lipinski definition) is 3. The van der Waals surface area contributed by atoms with Crippen molar-refractivity contribution in [2.45, 2.75) is 12.3 Å². The van der Waals surface area contributed by atoms with E-state index >= 15 is 0 Å². The first-order valence-electron chi connectivity index (χ1n) is 11.5. The summed E-state index contributed by atoms with van der Waals surface area (Å²) in [6, 6.07) is 12.2. The molecule has 12 heteroatoms. The normalized spacial score (nSPS) is 15.1. The number of carbonyl (C=O) groups excluding carboxylic acids is 2. The van der Waals surface area contributed by atoms with Crippen LogP contribution >= 0.6 is 0 Å². The molecule has 0 spiro atoms. The Bertz CT molecular complexity index is 1220. The number of primary amides is 2. The molecule has 10 nitrogen and oxygen atoms in total. The molecule has 37 heavy (non-hydrogen) atoms. The largest absolute Gasteiger partial charge is 0.479 e. The van der Waals surface area contributed by atoms with Crippen molar-refractivity contribution in [3.05, 3.63) is 71.3 Å². The van der Waals surface area contributed by atoms with E-state index in [-0.39, 0.29) is 17.3 Å². The van der Waals surface area contributed by atoms with Gasteiger partial charge in [0.15, 0.2) is 17.5 Å². The van der Waals surface area contributed by atoms with Crippen LogP contribution in [0.5, 0.6) is 5.88 Å². The molecule has 198 valence electrons. The van der Waals surface area contributed by atoms with Gasteiger partial charge in [0, 0.05) is 20.2 Å². The zero-order chi connectivity index (χ0) is 26.9. The molecule has 2 aromatic carbocycles. The Balaban J connectivity index is 0.000000208. The van der Waals surface area contributed by atoms with Gasteiger partial charge < -0.3 is 25.8 Å². The number of anilines is 1. The fraction of sp³-hybridized carbons (Fsp3) is 0.320. The first-order valence-corrected chi connectivity index (χ1v) is 11.5. The van der Waals surface area contributed by atoms with Gasteiger partial charge in [0.05, 0.1) is 19.4 Å². The second kappa shape index (κ2) is 12.8. The summed E-state index contributed by atoms with van der Waals surface area (Å²) in [7, 11) is 3.03. The molecule has 4 rings (SSSR count). The van der Waals surface area contributed by atoms with Gasteiger partial charge in [-0.05, 0) is 48.7 Å². The van der Waals surface area contributed by atoms with Crippen molar-refractivity contribution in [1.82, 2.24) is 14.7 Å². The van der Waals surface area contributed by atoms with Gasteiger partial charge in [-0.15, -0.1) is 5.10 Å². The third-order valence-corrected chi connectivity index (χ3v) is 5.83. The molecule has 1 aliphatic rings. The number of nitrogens with one attached hydrogen (secondary N) is 1. The Morgan fingerprint density at radius 2 is 1.84 bits per heavy atom. The number of rotatable bonds is 8. The van der Waals surface area contributed by atoms with E-state index in [1.807, 2.05) is 6.07 Å². The van der Waals surface area contributed by atoms with E-state index in [2.05, 4.69) is 15.3 Å². The minimum Gasteiger partial charge on any atom is -0.479 e. The number of halogens is 2. The average molecular weight is 517 g/mol. The average Bonchev–Trinajstić information content (AvgIpc) is 3.50. The monoisotopic (exact) mass is 516 g/mol. The molecule has 1 unspecified atom stereocenters. The number of nitrogens with two attached hydrogens (primary N) is 2. The molecule has 0 radical (unpaired) electrons. The van der Waals surface area contributed by atoms with Gasteiger partial charge in [-0.1, -0.05) is 24.3 Å². The summed E-state index contributed by atoms with van der Waals surface area (Å²) in [6.45, 7) is 3.50. The predicted octanol–water partition coefficient (Wildman–Crippen LogP) is 2.87. The van der Waals surface area contributed by atoms with E-state index in [9.17, 15) is 18.4 Å². The molecule has 5 N–H and O–H groups in total. The number of methoxy groups -OCH3 is 2. The molecular formula is C25H30F2N6O4. The van der Waals surface area contributed by atoms with Crippen molar-refractivity contribution in [3.8, 4) is 11.6 Å². The van der Waals surface area contributed by atoms with Crippen molar-refractivity contribution >= 4 is 17.8 Å². The van der Waals surface area contributed by atoms with Gasteiger partial charge in [-0.3, -0.25) is 10.1 Å². The molecule has 0 aliphatic carbocycles. The van der Waals surface area contributed by atoms with Gasteiger partial charge in [-0.25, -0.2) is 18.3 Å². The third-order valence-electron chi connectivity index (χ3n) is 5.83. The quantitative estimate of drug-likeness (QED) is 0.421. The summed E-state index contributed by atoms with van der Waals surface area (Å²) >= 11 is 0. The highest BCUT2D eigenvalue weighted by Gasteiger charge is 2.25. The topological polar surface area (TPSA) is 138 Å². The van der Waals surface area contributed by atoms with Crippen LogP contribution in [0.1, 0.15) is 28.3 Å². The molecule has 0 bridgehead atoms. The van der Waals surface area contributed by atoms with Crippen molar-refractivity contribution in [2.75, 3.05) is 45.8 Å². The van der Waals surface area contributed by atoms with E-state index in [1.165, 1.54) is 23.9 Å². The predicted molar refractivity (Wildman–Crippen MR) is 134 cm³/mol. The van der Waals surface area contributed by atoms with Crippen LogP contribution in [0.2, 0.25) is 0 Å². The first kappa shape index (κ1) is 27.6. The summed E-state index contributed by atoms with van der Waals surface area (Å²) in [6.07, 6.45) is 0.995. The number of benzene rings is 2. The lowest BCUT2D eigenvalue weighted by Gasteiger charge is -2.15. The van der Waals surface area contributed by atoms with Gasteiger partial charge in [-0.2, -0.15) is 0 Å². The third kappa shape index (κ3) is 7.02. The lowest BCUT2D eigenvalue weighted by Crippen LogP contribution is -2.24. The molecule has 0 saturated carbocycles. The summed E-state index contributed by atoms with van der Waals surface area (Å²) in [5.41, 5.74) is 11.9. The minimum absolute atomic E-state index is 0.00473. The molecule has 3 aromatic rings. The van der Waals surface area contributed by atoms with Crippen LogP contribution in [0.15, 0.2) is 48.5 Å². The molecule has 1 saturated heterocycles. The van der Waals surface area contributed by atoms with E-state index in [0.717, 1.165) is 31.6 Å². The Morgan fingerprint density at radius 1 is 1.11 bits per heavy atom. The van der Waals surface area contributed by atoms with E-state index < -0.39 is 23.6 Å². The highest BCUT2D eigenvalue weighted by Crippen LogP contribution is 2.29. The zero-order valence-electron chi connectivity index (χ0n) is 20.6. The maximum Gasteiger partial charge on any atom is 0.317 e. The molecule has 1 atom stereocenters. The number of likely N-dealkylation sites (tertiary alicyclic amines) is 1. The maximum absolute atomic E-state index is 13.1. The van der Waals surface area contributed by atoms with E-state index in [4.69, 9.17) is 20.9 Å². The molecule has 2 heterocycles. The van der Waals surface area contributed by atoms with Gasteiger partial charge in [0.25, 0.3) is 5.91 Å². The molecule has 1 aliphatic heterocycles. The summed E-state index contributed by atoms with van der Waals surface area (Å²) in [4.78, 5) is 24.9. The number of para-hydroxylation sites is 1. The minimum atomic E-state index is -0.841. The van der Waals surface area contributed by atoms with Gasteiger partial charge >= 0.3 is 6.03 Å². The number of ether oxygens (including phenoxy) is 2. The van der Waals surface area contributed by atoms with Crippen LogP contribution in [0.25, 0.3) is 5.69 Å². The SMILES string of the molecule is COCCN1CCC(c2ccc(F)c(F)c2)C1.COc1nn(-c2ccccc2)c(NC(N)=O)c1C(N)=O. The lowest BCUT2D eigenvalue weighted by atomic mass is 9.98. The summed E-state index contributed by atoms with van der Waals surface area (Å²) in [5.74, 6) is -1.94. The zero-order valence-corrected chi connectivity index (χ0v) is 20.6. The first-order chi connectivity index (χ1) is 17.7. The highest BCUT2D eigenvalue weighted by atomic mass is 19.2. The molecule has 1 aromatic heterocycles. The number of urea groups is 1. The van der Waals surface area contributed by atoms with Crippen LogP contribution in [-0.4, -0.2) is 67.1 Å². The van der Waals surface area contributed by atoms with E-state index in [0.29, 0.717) is 18.2 Å². The number of carbonyl (C=O) groups is 2. The van der Waals surface area contributed by atoms with Crippen LogP contribution in [0, 0.1) is 11.6 Å². The van der Waals surface area contributed by atoms with Gasteiger partial charge in [0.2, 0.25) is 5.88 Å². The van der Waals surface area contributed by atoms with Crippen LogP contribution in [0.4, 0.5) is 19.4 Å². The maximum atomic E-state index is 13.1. The van der Waals surface area contributed by atoms with Crippen LogP contribution < -0.4 is 21.5 Å². The number of amides is 3. The number of hydrogen-bond acceptors (Lipinski definition) is 6. The Kier molecular flexibility index (Phi) is 9.52. The van der Waals surface area contributed by atoms with Crippen molar-refractivity contribution in [1.29, 1.82) is 0 Å². The molecule has 1 fully saturated rings. The highest BCUT2D eigenvalue weighted by molar-refractivity contribution is 6.03. The fourth-order valence-corrected chi connectivity index (χ4v) is 4.05. The standard InChI is InChI=1S/C13H17F2NO.C12H13N5O3/c1-17-7-6-16-5-4-11(9-16)10-2-3-12(14)13(15)8-10;1-20-11-8(9(13)18)10(15-12(14)19)17(16-11)7-5-3-2-4-6-7/h2-3,8,11H,4-7,9H2,1H3;2-6H,1H3,(H2,13,18)(H3,14,15,19). The molecule has 3 amide bonds. The molecular weight excluding hydrogens is 486 g/mol. The number of nitrogens with zero attached hydrogens (tertiary/aromatic N) is 3. The Hall–Kier alpha value is -4.03. The number of aromatic nitrogens is 2. The summed E-state index contributed by atoms with van der Waals surface area (Å²) in [5, 5.41) is 6.43. The summed E-state index contributed by atoms with van der Waals surface area (Å²) < 4.78 is 37.3. The van der Waals surface area contributed by atoms with Crippen LogP contribution in [0.3, 0.4) is 0 Å². The smallest absolute Gasteiger partial charge is 0.317 e. The lowest BCUT2D eigenvalue weighted by molar-refractivity contribution is 0.0998. The second-order valence-corrected chi connectivity index (χ2v) is 8.29. The van der Waals surface area contributed by atoms with Crippen molar-refractivity contribution in [3.63, 3.8) is 0 Å². The Labute approximate surface area is 213 Å². The van der Waals surface area contributed by atoms with Gasteiger partial charge in [0.1, 0.15) is 5.56 Å².